The number of benzene rings is 1. The summed E-state index contributed by atoms with van der Waals surface area (Å²) >= 11 is 0. The molecule has 43 heavy (non-hydrogen) atoms. The molecule has 0 aliphatic carbocycles. The van der Waals surface area contributed by atoms with E-state index in [1.807, 2.05) is 28.8 Å². The summed E-state index contributed by atoms with van der Waals surface area (Å²) in [5.41, 5.74) is 1.54. The van der Waals surface area contributed by atoms with Gasteiger partial charge in [-0.2, -0.15) is 0 Å². The molecule has 1 fully saturated rings. The van der Waals surface area contributed by atoms with Gasteiger partial charge in [0, 0.05) is 50.5 Å². The summed E-state index contributed by atoms with van der Waals surface area (Å²) in [6, 6.07) is 9.32. The van der Waals surface area contributed by atoms with Crippen molar-refractivity contribution in [2.24, 2.45) is 0 Å². The number of pyridine rings is 1. The monoisotopic (exact) mass is 598 g/mol. The normalized spacial score (nSPS) is 21.7. The lowest BCUT2D eigenvalue weighted by molar-refractivity contribution is -0.294. The number of esters is 4. The predicted octanol–water partition coefficient (Wildman–Crippen LogP) is 3.26. The van der Waals surface area contributed by atoms with Crippen LogP contribution in [-0.2, 0) is 49.4 Å². The Hall–Kier alpha value is -4.52. The summed E-state index contributed by atoms with van der Waals surface area (Å²) in [5.74, 6) is -2.93. The standard InChI is InChI=1S/C30H34N2O11/c1-6-7-12-32-23-11-9-8-10-21(23)22-13-20(14-33)31-29(25(22)32)43-26-24(15-38-16(2)34)42-30(41-19(5)37)28(40-18(4)36)27(26)39-17(3)35/h8-11,13-14,24,26-28,30H,6-7,12,15H2,1-5H3/t24-,26?,27+,28-,30-/m1/s1. The fourth-order valence-electron chi connectivity index (χ4n) is 5.13. The van der Waals surface area contributed by atoms with Gasteiger partial charge in [0.25, 0.3) is 0 Å². The second-order valence-electron chi connectivity index (χ2n) is 10.1. The van der Waals surface area contributed by atoms with Crippen LogP contribution in [0.1, 0.15) is 57.9 Å². The number of nitrogens with zero attached hydrogens (tertiary/aromatic N) is 2. The summed E-state index contributed by atoms with van der Waals surface area (Å²) in [5, 5.41) is 1.56. The highest BCUT2D eigenvalue weighted by Gasteiger charge is 2.53. The number of aldehydes is 1. The maximum absolute atomic E-state index is 12.3. The van der Waals surface area contributed by atoms with E-state index >= 15 is 0 Å². The fourth-order valence-corrected chi connectivity index (χ4v) is 5.13. The maximum Gasteiger partial charge on any atom is 0.305 e. The molecule has 1 aromatic carbocycles. The molecule has 0 amide bonds. The van der Waals surface area contributed by atoms with Crippen LogP contribution in [0.15, 0.2) is 30.3 Å². The van der Waals surface area contributed by atoms with E-state index < -0.39 is 61.2 Å². The van der Waals surface area contributed by atoms with Gasteiger partial charge >= 0.3 is 23.9 Å². The number of fused-ring (bicyclic) bond motifs is 3. The third kappa shape index (κ3) is 7.11. The molecule has 0 spiro atoms. The molecule has 0 radical (unpaired) electrons. The van der Waals surface area contributed by atoms with Gasteiger partial charge in [-0.1, -0.05) is 31.5 Å². The van der Waals surface area contributed by atoms with Crippen molar-refractivity contribution in [1.82, 2.24) is 9.55 Å². The minimum Gasteiger partial charge on any atom is -0.466 e. The van der Waals surface area contributed by atoms with E-state index in [-0.39, 0.29) is 11.6 Å². The molecule has 3 aromatic rings. The maximum atomic E-state index is 12.3. The molecule has 4 rings (SSSR count). The minimum atomic E-state index is -1.53. The molecule has 13 nitrogen and oxygen atoms in total. The van der Waals surface area contributed by atoms with E-state index in [4.69, 9.17) is 28.4 Å². The number of unbranched alkanes of at least 4 members (excludes halogenated alkanes) is 1. The minimum absolute atomic E-state index is 0.0120. The number of para-hydroxylation sites is 1. The number of ether oxygens (including phenoxy) is 6. The molecule has 230 valence electrons. The topological polar surface area (TPSA) is 159 Å². The highest BCUT2D eigenvalue weighted by atomic mass is 16.7. The zero-order chi connectivity index (χ0) is 31.3. The zero-order valence-electron chi connectivity index (χ0n) is 24.6. The average molecular weight is 599 g/mol. The van der Waals surface area contributed by atoms with E-state index in [0.717, 1.165) is 44.5 Å². The highest BCUT2D eigenvalue weighted by molar-refractivity contribution is 6.10. The molecule has 3 heterocycles. The van der Waals surface area contributed by atoms with Gasteiger partial charge in [-0.05, 0) is 18.6 Å². The Kier molecular flexibility index (Phi) is 9.96. The molecule has 1 aliphatic heterocycles. The molecule has 0 N–H and O–H groups in total. The van der Waals surface area contributed by atoms with Gasteiger partial charge in [0.05, 0.1) is 0 Å². The SMILES string of the molecule is CCCCn1c2ccccc2c2cc(C=O)nc(OC3[C@@H](COC(C)=O)O[C@@H](OC(C)=O)[C@H](OC(C)=O)[C@H]3OC(C)=O)c21. The van der Waals surface area contributed by atoms with E-state index in [1.165, 1.54) is 6.92 Å². The number of carbonyl (C=O) groups is 5. The molecular weight excluding hydrogens is 564 g/mol. The zero-order valence-corrected chi connectivity index (χ0v) is 24.6. The van der Waals surface area contributed by atoms with Crippen molar-refractivity contribution in [3.63, 3.8) is 0 Å². The molecule has 5 atom stereocenters. The van der Waals surface area contributed by atoms with Gasteiger partial charge in [-0.25, -0.2) is 4.98 Å². The Labute approximate surface area is 247 Å². The summed E-state index contributed by atoms with van der Waals surface area (Å²) in [4.78, 5) is 64.6. The summed E-state index contributed by atoms with van der Waals surface area (Å²) in [6.45, 7) is 6.85. The first kappa shape index (κ1) is 31.4. The number of aromatic nitrogens is 2. The van der Waals surface area contributed by atoms with Crippen LogP contribution >= 0.6 is 0 Å². The third-order valence-corrected chi connectivity index (χ3v) is 6.77. The van der Waals surface area contributed by atoms with Gasteiger partial charge in [-0.15, -0.1) is 0 Å². The van der Waals surface area contributed by atoms with Crippen LogP contribution < -0.4 is 4.74 Å². The van der Waals surface area contributed by atoms with Crippen molar-refractivity contribution in [1.29, 1.82) is 0 Å². The lowest BCUT2D eigenvalue weighted by Crippen LogP contribution is -2.63. The lowest BCUT2D eigenvalue weighted by Gasteiger charge is -2.43. The molecule has 1 unspecified atom stereocenters. The van der Waals surface area contributed by atoms with Gasteiger partial charge in [0.2, 0.25) is 18.3 Å². The molecule has 0 saturated carbocycles. The molecule has 1 aliphatic rings. The third-order valence-electron chi connectivity index (χ3n) is 6.77. The smallest absolute Gasteiger partial charge is 0.305 e. The van der Waals surface area contributed by atoms with Crippen LogP contribution in [0.3, 0.4) is 0 Å². The lowest BCUT2D eigenvalue weighted by atomic mass is 9.98. The van der Waals surface area contributed by atoms with Crippen molar-refractivity contribution in [2.75, 3.05) is 6.61 Å². The first-order valence-electron chi connectivity index (χ1n) is 13.9. The fraction of sp³-hybridized carbons (Fsp3) is 0.467. The number of hydrogen-bond donors (Lipinski definition) is 0. The van der Waals surface area contributed by atoms with Crippen LogP contribution in [0.5, 0.6) is 5.88 Å². The van der Waals surface area contributed by atoms with Crippen LogP contribution in [0.2, 0.25) is 0 Å². The second kappa shape index (κ2) is 13.6. The number of hydrogen-bond acceptors (Lipinski definition) is 12. The summed E-state index contributed by atoms with van der Waals surface area (Å²) in [7, 11) is 0. The average Bonchev–Trinajstić information content (AvgIpc) is 3.26. The Morgan fingerprint density at radius 2 is 1.58 bits per heavy atom. The van der Waals surface area contributed by atoms with E-state index in [9.17, 15) is 24.0 Å². The van der Waals surface area contributed by atoms with Crippen LogP contribution in [0.4, 0.5) is 0 Å². The van der Waals surface area contributed by atoms with Crippen LogP contribution in [0.25, 0.3) is 21.8 Å². The Morgan fingerprint density at radius 3 is 2.21 bits per heavy atom. The van der Waals surface area contributed by atoms with E-state index in [1.54, 1.807) is 6.07 Å². The van der Waals surface area contributed by atoms with Crippen LogP contribution in [-0.4, -0.2) is 77.0 Å². The van der Waals surface area contributed by atoms with Gasteiger partial charge in [0.15, 0.2) is 18.5 Å². The summed E-state index contributed by atoms with van der Waals surface area (Å²) in [6.07, 6.45) is -4.59. The van der Waals surface area contributed by atoms with E-state index in [0.29, 0.717) is 23.7 Å². The van der Waals surface area contributed by atoms with Crippen molar-refractivity contribution >= 4 is 52.0 Å². The Morgan fingerprint density at radius 1 is 0.907 bits per heavy atom. The van der Waals surface area contributed by atoms with Crippen molar-refractivity contribution in [2.45, 2.75) is 84.7 Å². The van der Waals surface area contributed by atoms with Crippen molar-refractivity contribution in [3.8, 4) is 5.88 Å². The number of aryl methyl sites for hydroxylation is 1. The van der Waals surface area contributed by atoms with E-state index in [2.05, 4.69) is 11.9 Å². The number of carbonyl (C=O) groups excluding carboxylic acids is 5. The van der Waals surface area contributed by atoms with Crippen molar-refractivity contribution < 1.29 is 52.4 Å². The van der Waals surface area contributed by atoms with Crippen LogP contribution in [0, 0.1) is 0 Å². The first-order chi connectivity index (χ1) is 20.5. The van der Waals surface area contributed by atoms with Gasteiger partial charge in [-0.3, -0.25) is 24.0 Å². The van der Waals surface area contributed by atoms with Crippen molar-refractivity contribution in [3.05, 3.63) is 36.0 Å². The Bertz CT molecular complexity index is 1530. The molecule has 2 aromatic heterocycles. The Balaban J connectivity index is 1.92. The molecular formula is C30H34N2O11. The predicted molar refractivity (Wildman–Crippen MR) is 150 cm³/mol. The quantitative estimate of drug-likeness (QED) is 0.180. The molecule has 0 bridgehead atoms. The van der Waals surface area contributed by atoms with Gasteiger partial charge < -0.3 is 33.0 Å². The largest absolute Gasteiger partial charge is 0.466 e. The molecule has 1 saturated heterocycles. The number of rotatable bonds is 11. The molecule has 13 heteroatoms. The highest BCUT2D eigenvalue weighted by Crippen LogP contribution is 2.37. The van der Waals surface area contributed by atoms with Gasteiger partial charge in [0.1, 0.15) is 23.9 Å². The summed E-state index contributed by atoms with van der Waals surface area (Å²) < 4.78 is 36.0. The first-order valence-corrected chi connectivity index (χ1v) is 13.9. The second-order valence-corrected chi connectivity index (χ2v) is 10.1.